The number of Topliss-reactive ketones (excluding diaryl/α,β-unsaturated/α-hetero) is 1. The van der Waals surface area contributed by atoms with Gasteiger partial charge in [0.05, 0.1) is 28.3 Å². The third-order valence-electron chi connectivity index (χ3n) is 8.87. The van der Waals surface area contributed by atoms with Gasteiger partial charge in [0.25, 0.3) is 0 Å². The van der Waals surface area contributed by atoms with Gasteiger partial charge in [-0.25, -0.2) is 0 Å². The molecule has 0 radical (unpaired) electrons. The first-order chi connectivity index (χ1) is 20.4. The van der Waals surface area contributed by atoms with Crippen molar-refractivity contribution in [2.45, 2.75) is 37.3 Å². The monoisotopic (exact) mass is 625 g/mol. The molecule has 3 aliphatic rings. The van der Waals surface area contributed by atoms with Crippen molar-refractivity contribution < 1.29 is 19.1 Å². The highest BCUT2D eigenvalue weighted by Crippen LogP contribution is 2.53. The van der Waals surface area contributed by atoms with Gasteiger partial charge < -0.3 is 19.9 Å². The summed E-state index contributed by atoms with van der Waals surface area (Å²) in [5, 5.41) is 3.87. The number of thiophene rings is 1. The van der Waals surface area contributed by atoms with Gasteiger partial charge in [-0.1, -0.05) is 53.9 Å². The third-order valence-corrected chi connectivity index (χ3v) is 10.4. The topological polar surface area (TPSA) is 79.0 Å². The molecule has 1 N–H and O–H groups in total. The number of carbonyl (C=O) groups is 3. The Morgan fingerprint density at radius 3 is 2.29 bits per heavy atom. The lowest BCUT2D eigenvalue weighted by Gasteiger charge is -2.39. The van der Waals surface area contributed by atoms with Crippen molar-refractivity contribution >= 4 is 52.1 Å². The number of likely N-dealkylation sites (tertiary alicyclic amines) is 1. The zero-order chi connectivity index (χ0) is 29.4. The molecule has 220 valence electrons. The number of hydrogen-bond acceptors (Lipinski definition) is 6. The first kappa shape index (κ1) is 29.2. The minimum Gasteiger partial charge on any atom is -0.497 e. The van der Waals surface area contributed by atoms with Crippen LogP contribution in [0.4, 0.5) is 0 Å². The smallest absolute Gasteiger partial charge is 0.246 e. The SMILES string of the molecule is COc1cccc(C2C(C(=O)c3ccc(Cl)s3)C(c3ccc(Cl)cc3)N(C(=O)C3CCC3)C2C(=O)N2CCNCC2)c1. The summed E-state index contributed by atoms with van der Waals surface area (Å²) in [5.41, 5.74) is 1.56. The van der Waals surface area contributed by atoms with Gasteiger partial charge in [-0.3, -0.25) is 14.4 Å². The van der Waals surface area contributed by atoms with Gasteiger partial charge in [0.1, 0.15) is 11.8 Å². The highest BCUT2D eigenvalue weighted by molar-refractivity contribution is 7.18. The minimum atomic E-state index is -0.867. The largest absolute Gasteiger partial charge is 0.497 e. The van der Waals surface area contributed by atoms with Crippen molar-refractivity contribution in [3.05, 3.63) is 86.0 Å². The summed E-state index contributed by atoms with van der Waals surface area (Å²) < 4.78 is 6.08. The molecule has 6 rings (SSSR count). The number of nitrogens with zero attached hydrogens (tertiary/aromatic N) is 2. The maximum atomic E-state index is 14.6. The number of piperazine rings is 1. The van der Waals surface area contributed by atoms with Crippen molar-refractivity contribution in [3.63, 3.8) is 0 Å². The van der Waals surface area contributed by atoms with Crippen LogP contribution in [0.5, 0.6) is 5.75 Å². The average Bonchev–Trinajstić information content (AvgIpc) is 3.58. The predicted octanol–water partition coefficient (Wildman–Crippen LogP) is 5.83. The number of carbonyl (C=O) groups excluding carboxylic acids is 3. The number of benzene rings is 2. The fourth-order valence-corrected chi connectivity index (χ4v) is 7.74. The van der Waals surface area contributed by atoms with E-state index < -0.39 is 23.9 Å². The molecule has 1 aliphatic carbocycles. The average molecular weight is 627 g/mol. The molecule has 3 aromatic rings. The standard InChI is InChI=1S/C32H33Cl2N3O4S/c1-41-23-7-3-6-21(18-23)26-27(30(38)24-12-13-25(34)42-24)28(19-8-10-22(33)11-9-19)37(31(39)20-4-2-5-20)29(26)32(40)36-16-14-35-15-17-36/h3,6-13,18,20,26-29,35H,2,4-5,14-17H2,1H3. The van der Waals surface area contributed by atoms with Crippen LogP contribution in [0.2, 0.25) is 9.36 Å². The van der Waals surface area contributed by atoms with E-state index in [9.17, 15) is 14.4 Å². The molecule has 2 saturated heterocycles. The van der Waals surface area contributed by atoms with Crippen molar-refractivity contribution in [2.24, 2.45) is 11.8 Å². The first-order valence-electron chi connectivity index (χ1n) is 14.4. The molecule has 2 aliphatic heterocycles. The zero-order valence-corrected chi connectivity index (χ0v) is 25.6. The number of nitrogens with one attached hydrogen (secondary N) is 1. The maximum Gasteiger partial charge on any atom is 0.246 e. The number of amides is 2. The lowest BCUT2D eigenvalue weighted by molar-refractivity contribution is -0.150. The number of rotatable bonds is 7. The van der Waals surface area contributed by atoms with Gasteiger partial charge in [0.2, 0.25) is 11.8 Å². The number of ether oxygens (including phenoxy) is 1. The molecule has 10 heteroatoms. The molecular formula is C32H33Cl2N3O4S. The third kappa shape index (κ3) is 5.46. The van der Waals surface area contributed by atoms with Gasteiger partial charge in [0.15, 0.2) is 5.78 Å². The minimum absolute atomic E-state index is 0.0675. The maximum absolute atomic E-state index is 14.6. The Morgan fingerprint density at radius 1 is 0.929 bits per heavy atom. The van der Waals surface area contributed by atoms with Crippen molar-refractivity contribution in [1.82, 2.24) is 15.1 Å². The summed E-state index contributed by atoms with van der Waals surface area (Å²) in [5.74, 6) is -1.24. The van der Waals surface area contributed by atoms with Gasteiger partial charge in [-0.05, 0) is 60.4 Å². The summed E-state index contributed by atoms with van der Waals surface area (Å²) in [6.07, 6.45) is 2.53. The second-order valence-corrected chi connectivity index (χ2v) is 13.3. The van der Waals surface area contributed by atoms with Crippen LogP contribution in [0, 0.1) is 11.8 Å². The summed E-state index contributed by atoms with van der Waals surface area (Å²) in [6.45, 7) is 2.43. The van der Waals surface area contributed by atoms with Crippen LogP contribution in [0.25, 0.3) is 0 Å². The first-order valence-corrected chi connectivity index (χ1v) is 15.9. The van der Waals surface area contributed by atoms with Crippen LogP contribution in [0.3, 0.4) is 0 Å². The van der Waals surface area contributed by atoms with Gasteiger partial charge in [-0.15, -0.1) is 11.3 Å². The highest BCUT2D eigenvalue weighted by atomic mass is 35.5. The fraction of sp³-hybridized carbons (Fsp3) is 0.406. The lowest BCUT2D eigenvalue weighted by atomic mass is 9.77. The molecular weight excluding hydrogens is 593 g/mol. The summed E-state index contributed by atoms with van der Waals surface area (Å²) in [6, 6.07) is 16.7. The van der Waals surface area contributed by atoms with E-state index in [0.29, 0.717) is 46.2 Å². The van der Waals surface area contributed by atoms with Crippen LogP contribution >= 0.6 is 34.5 Å². The zero-order valence-electron chi connectivity index (χ0n) is 23.3. The van der Waals surface area contributed by atoms with Gasteiger partial charge in [-0.2, -0.15) is 0 Å². The van der Waals surface area contributed by atoms with E-state index in [1.165, 1.54) is 11.3 Å². The lowest BCUT2D eigenvalue weighted by Crippen LogP contribution is -2.56. The van der Waals surface area contributed by atoms with E-state index in [0.717, 1.165) is 30.4 Å². The summed E-state index contributed by atoms with van der Waals surface area (Å²) in [4.78, 5) is 47.8. The number of halogens is 2. The Hall–Kier alpha value is -2.91. The van der Waals surface area contributed by atoms with Crippen LogP contribution in [0.15, 0.2) is 60.7 Å². The Kier molecular flexibility index (Phi) is 8.59. The van der Waals surface area contributed by atoms with E-state index in [4.69, 9.17) is 27.9 Å². The molecule has 0 spiro atoms. The van der Waals surface area contributed by atoms with Crippen LogP contribution in [-0.4, -0.2) is 66.7 Å². The molecule has 2 amide bonds. The molecule has 3 heterocycles. The molecule has 3 fully saturated rings. The molecule has 4 unspecified atom stereocenters. The number of hydrogen-bond donors (Lipinski definition) is 1. The quantitative estimate of drug-likeness (QED) is 0.334. The van der Waals surface area contributed by atoms with Crippen molar-refractivity contribution in [1.29, 1.82) is 0 Å². The molecule has 42 heavy (non-hydrogen) atoms. The Morgan fingerprint density at radius 2 is 1.67 bits per heavy atom. The Balaban J connectivity index is 1.58. The normalized spacial score (nSPS) is 24.4. The summed E-state index contributed by atoms with van der Waals surface area (Å²) in [7, 11) is 1.59. The molecule has 4 atom stereocenters. The molecule has 0 bridgehead atoms. The molecule has 1 aromatic heterocycles. The van der Waals surface area contributed by atoms with E-state index in [1.807, 2.05) is 41.3 Å². The predicted molar refractivity (Wildman–Crippen MR) is 165 cm³/mol. The van der Waals surface area contributed by atoms with Gasteiger partial charge in [0, 0.05) is 43.0 Å². The second kappa shape index (κ2) is 12.4. The van der Waals surface area contributed by atoms with Crippen LogP contribution in [-0.2, 0) is 9.59 Å². The Bertz CT molecular complexity index is 1470. The van der Waals surface area contributed by atoms with Crippen molar-refractivity contribution in [3.8, 4) is 5.75 Å². The van der Waals surface area contributed by atoms with E-state index in [2.05, 4.69) is 5.32 Å². The Labute approximate surface area is 259 Å². The van der Waals surface area contributed by atoms with Crippen LogP contribution in [0.1, 0.15) is 52.0 Å². The summed E-state index contributed by atoms with van der Waals surface area (Å²) >= 11 is 13.8. The van der Waals surface area contributed by atoms with E-state index >= 15 is 0 Å². The molecule has 7 nitrogen and oxygen atoms in total. The van der Waals surface area contributed by atoms with Crippen molar-refractivity contribution in [2.75, 3.05) is 33.3 Å². The number of methoxy groups -OCH3 is 1. The molecule has 1 saturated carbocycles. The highest BCUT2D eigenvalue weighted by Gasteiger charge is 2.59. The number of ketones is 1. The fourth-order valence-electron chi connectivity index (χ4n) is 6.58. The second-order valence-electron chi connectivity index (χ2n) is 11.2. The van der Waals surface area contributed by atoms with E-state index in [-0.39, 0.29) is 23.5 Å². The molecule has 2 aromatic carbocycles. The van der Waals surface area contributed by atoms with Crippen LogP contribution < -0.4 is 10.1 Å². The van der Waals surface area contributed by atoms with E-state index in [1.54, 1.807) is 36.3 Å². The van der Waals surface area contributed by atoms with Gasteiger partial charge >= 0.3 is 0 Å².